The maximum Gasteiger partial charge on any atom is 0.149 e. The first kappa shape index (κ1) is 9.31. The van der Waals surface area contributed by atoms with Crippen LogP contribution in [0.15, 0.2) is 18.2 Å². The molecule has 0 saturated heterocycles. The molecule has 0 bridgehead atoms. The van der Waals surface area contributed by atoms with Crippen LogP contribution < -0.4 is 10.5 Å². The first-order valence-corrected chi connectivity index (χ1v) is 4.93. The molecule has 0 amide bonds. The van der Waals surface area contributed by atoms with Crippen molar-refractivity contribution in [3.8, 4) is 5.75 Å². The van der Waals surface area contributed by atoms with Crippen molar-refractivity contribution in [1.29, 1.82) is 0 Å². The van der Waals surface area contributed by atoms with E-state index in [0.29, 0.717) is 18.3 Å². The summed E-state index contributed by atoms with van der Waals surface area (Å²) in [7, 11) is 0. The SMILES string of the molecule is Nc1ccc(OCC2CCC2)cc1F. The Morgan fingerprint density at radius 2 is 2.21 bits per heavy atom. The summed E-state index contributed by atoms with van der Waals surface area (Å²) in [6, 6.07) is 4.58. The van der Waals surface area contributed by atoms with Gasteiger partial charge >= 0.3 is 0 Å². The molecule has 3 heteroatoms. The smallest absolute Gasteiger partial charge is 0.149 e. The van der Waals surface area contributed by atoms with Gasteiger partial charge < -0.3 is 10.5 Å². The first-order valence-electron chi connectivity index (χ1n) is 4.93. The lowest BCUT2D eigenvalue weighted by Crippen LogP contribution is -2.19. The highest BCUT2D eigenvalue weighted by Gasteiger charge is 2.17. The summed E-state index contributed by atoms with van der Waals surface area (Å²) in [5, 5.41) is 0. The van der Waals surface area contributed by atoms with Crippen molar-refractivity contribution in [3.05, 3.63) is 24.0 Å². The lowest BCUT2D eigenvalue weighted by molar-refractivity contribution is 0.180. The van der Waals surface area contributed by atoms with Gasteiger partial charge in [-0.1, -0.05) is 6.42 Å². The molecule has 14 heavy (non-hydrogen) atoms. The standard InChI is InChI=1S/C11H14FNO/c12-10-6-9(4-5-11(10)13)14-7-8-2-1-3-8/h4-6,8H,1-3,7,13H2. The molecule has 0 atom stereocenters. The molecule has 1 saturated carbocycles. The molecule has 1 aliphatic carbocycles. The van der Waals surface area contributed by atoms with E-state index in [2.05, 4.69) is 0 Å². The van der Waals surface area contributed by atoms with Gasteiger partial charge in [0.15, 0.2) is 0 Å². The van der Waals surface area contributed by atoms with Crippen LogP contribution in [-0.4, -0.2) is 6.61 Å². The van der Waals surface area contributed by atoms with Gasteiger partial charge in [-0.2, -0.15) is 0 Å². The number of benzene rings is 1. The molecule has 1 fully saturated rings. The quantitative estimate of drug-likeness (QED) is 0.752. The van der Waals surface area contributed by atoms with Crippen LogP contribution in [-0.2, 0) is 0 Å². The second kappa shape index (κ2) is 3.86. The molecule has 0 aromatic heterocycles. The van der Waals surface area contributed by atoms with Crippen molar-refractivity contribution in [3.63, 3.8) is 0 Å². The molecule has 2 rings (SSSR count). The Labute approximate surface area is 82.9 Å². The summed E-state index contributed by atoms with van der Waals surface area (Å²) < 4.78 is 18.4. The molecular weight excluding hydrogens is 181 g/mol. The third-order valence-corrected chi connectivity index (χ3v) is 2.68. The summed E-state index contributed by atoms with van der Waals surface area (Å²) in [5.41, 5.74) is 5.52. The molecule has 2 N–H and O–H groups in total. The minimum Gasteiger partial charge on any atom is -0.493 e. The Kier molecular flexibility index (Phi) is 2.57. The Balaban J connectivity index is 1.91. The number of ether oxygens (including phenoxy) is 1. The first-order chi connectivity index (χ1) is 6.75. The predicted molar refractivity (Wildman–Crippen MR) is 53.6 cm³/mol. The van der Waals surface area contributed by atoms with E-state index in [1.165, 1.54) is 31.4 Å². The van der Waals surface area contributed by atoms with Crippen LogP contribution in [0, 0.1) is 11.7 Å². The molecule has 0 aliphatic heterocycles. The number of hydrogen-bond acceptors (Lipinski definition) is 2. The largest absolute Gasteiger partial charge is 0.493 e. The average molecular weight is 195 g/mol. The Morgan fingerprint density at radius 3 is 2.79 bits per heavy atom. The Hall–Kier alpha value is -1.25. The lowest BCUT2D eigenvalue weighted by Gasteiger charge is -2.25. The molecule has 1 aromatic rings. The fourth-order valence-corrected chi connectivity index (χ4v) is 1.47. The number of halogens is 1. The van der Waals surface area contributed by atoms with Crippen molar-refractivity contribution in [2.24, 2.45) is 5.92 Å². The third-order valence-electron chi connectivity index (χ3n) is 2.68. The van der Waals surface area contributed by atoms with Crippen molar-refractivity contribution < 1.29 is 9.13 Å². The second-order valence-electron chi connectivity index (χ2n) is 3.79. The van der Waals surface area contributed by atoms with Crippen molar-refractivity contribution in [2.45, 2.75) is 19.3 Å². The van der Waals surface area contributed by atoms with Crippen LogP contribution in [0.1, 0.15) is 19.3 Å². The van der Waals surface area contributed by atoms with Crippen molar-refractivity contribution >= 4 is 5.69 Å². The molecule has 0 unspecified atom stereocenters. The maximum absolute atomic E-state index is 13.0. The molecule has 1 aliphatic rings. The second-order valence-corrected chi connectivity index (χ2v) is 3.79. The number of nitrogens with two attached hydrogens (primary N) is 1. The van der Waals surface area contributed by atoms with Crippen molar-refractivity contribution in [1.82, 2.24) is 0 Å². The molecule has 0 radical (unpaired) electrons. The van der Waals surface area contributed by atoms with E-state index >= 15 is 0 Å². The highest BCUT2D eigenvalue weighted by molar-refractivity contribution is 5.43. The maximum atomic E-state index is 13.0. The molecular formula is C11H14FNO. The zero-order valence-corrected chi connectivity index (χ0v) is 8.00. The number of hydrogen-bond donors (Lipinski definition) is 1. The zero-order valence-electron chi connectivity index (χ0n) is 8.00. The summed E-state index contributed by atoms with van der Waals surface area (Å²) in [4.78, 5) is 0. The predicted octanol–water partition coefficient (Wildman–Crippen LogP) is 2.59. The lowest BCUT2D eigenvalue weighted by atomic mass is 9.86. The van der Waals surface area contributed by atoms with Crippen LogP contribution >= 0.6 is 0 Å². The van der Waals surface area contributed by atoms with Gasteiger partial charge in [-0.25, -0.2) is 4.39 Å². The topological polar surface area (TPSA) is 35.2 Å². The Morgan fingerprint density at radius 1 is 1.43 bits per heavy atom. The summed E-state index contributed by atoms with van der Waals surface area (Å²) in [6.07, 6.45) is 3.76. The summed E-state index contributed by atoms with van der Waals surface area (Å²) in [6.45, 7) is 0.698. The van der Waals surface area contributed by atoms with E-state index < -0.39 is 5.82 Å². The molecule has 76 valence electrons. The number of nitrogen functional groups attached to an aromatic ring is 1. The minimum absolute atomic E-state index is 0.168. The fourth-order valence-electron chi connectivity index (χ4n) is 1.47. The van der Waals surface area contributed by atoms with Gasteiger partial charge in [-0.3, -0.25) is 0 Å². The van der Waals surface area contributed by atoms with E-state index in [1.54, 1.807) is 6.07 Å². The van der Waals surface area contributed by atoms with Gasteiger partial charge in [-0.15, -0.1) is 0 Å². The van der Waals surface area contributed by atoms with Gasteiger partial charge in [0.05, 0.1) is 12.3 Å². The third kappa shape index (κ3) is 1.97. The summed E-state index contributed by atoms with van der Waals surface area (Å²) in [5.74, 6) is 0.829. The van der Waals surface area contributed by atoms with E-state index in [1.807, 2.05) is 0 Å². The van der Waals surface area contributed by atoms with Crippen LogP contribution in [0.2, 0.25) is 0 Å². The minimum atomic E-state index is -0.406. The zero-order chi connectivity index (χ0) is 9.97. The molecule has 0 heterocycles. The van der Waals surface area contributed by atoms with E-state index in [-0.39, 0.29) is 5.69 Å². The van der Waals surface area contributed by atoms with E-state index in [0.717, 1.165) is 0 Å². The van der Waals surface area contributed by atoms with Gasteiger partial charge in [0.2, 0.25) is 0 Å². The van der Waals surface area contributed by atoms with Crippen LogP contribution in [0.25, 0.3) is 0 Å². The molecule has 0 spiro atoms. The van der Waals surface area contributed by atoms with Gasteiger partial charge in [0.1, 0.15) is 11.6 Å². The monoisotopic (exact) mass is 195 g/mol. The highest BCUT2D eigenvalue weighted by atomic mass is 19.1. The normalized spacial score (nSPS) is 16.4. The van der Waals surface area contributed by atoms with E-state index in [9.17, 15) is 4.39 Å². The average Bonchev–Trinajstić information content (AvgIpc) is 2.08. The Bertz CT molecular complexity index is 323. The van der Waals surface area contributed by atoms with Crippen LogP contribution in [0.5, 0.6) is 5.75 Å². The van der Waals surface area contributed by atoms with Crippen LogP contribution in [0.4, 0.5) is 10.1 Å². The number of rotatable bonds is 3. The van der Waals surface area contributed by atoms with Crippen molar-refractivity contribution in [2.75, 3.05) is 12.3 Å². The van der Waals surface area contributed by atoms with E-state index in [4.69, 9.17) is 10.5 Å². The van der Waals surface area contributed by atoms with Gasteiger partial charge in [0.25, 0.3) is 0 Å². The van der Waals surface area contributed by atoms with Gasteiger partial charge in [0, 0.05) is 6.07 Å². The molecule has 2 nitrogen and oxygen atoms in total. The van der Waals surface area contributed by atoms with Crippen LogP contribution in [0.3, 0.4) is 0 Å². The van der Waals surface area contributed by atoms with Gasteiger partial charge in [-0.05, 0) is 30.9 Å². The summed E-state index contributed by atoms with van der Waals surface area (Å²) >= 11 is 0. The molecule has 1 aromatic carbocycles. The highest BCUT2D eigenvalue weighted by Crippen LogP contribution is 2.27. The fraction of sp³-hybridized carbons (Fsp3) is 0.455. The number of anilines is 1.